The second-order valence-electron chi connectivity index (χ2n) is 6.18. The minimum absolute atomic E-state index is 0.385. The van der Waals surface area contributed by atoms with Gasteiger partial charge in [0.25, 0.3) is 5.91 Å². The van der Waals surface area contributed by atoms with E-state index in [1.807, 2.05) is 5.32 Å². The number of amides is 3. The molecule has 0 heterocycles. The quantitative estimate of drug-likeness (QED) is 0.478. The average molecular weight is 429 g/mol. The molecule has 9 heteroatoms. The standard InChI is InChI=1S/C21H15ClF2N4O2/c1-12-10-15(28-27-14-5-2-4-13(22)11-14)8-9-18(12)25-21(30)26-20(29)19-16(23)6-3-7-17(19)24/h2-11H,1H3,(H2,25,26,29,30). The average Bonchev–Trinajstić information content (AvgIpc) is 2.68. The highest BCUT2D eigenvalue weighted by molar-refractivity contribution is 6.30. The molecule has 0 aromatic heterocycles. The van der Waals surface area contributed by atoms with Gasteiger partial charge in [-0.1, -0.05) is 23.7 Å². The highest BCUT2D eigenvalue weighted by Crippen LogP contribution is 2.25. The van der Waals surface area contributed by atoms with E-state index in [-0.39, 0.29) is 0 Å². The number of aryl methyl sites for hydroxylation is 1. The molecule has 0 unspecified atom stereocenters. The number of rotatable bonds is 4. The maximum atomic E-state index is 13.6. The first-order chi connectivity index (χ1) is 14.3. The Bertz CT molecular complexity index is 1130. The predicted octanol–water partition coefficient (Wildman–Crippen LogP) is 6.30. The van der Waals surface area contributed by atoms with E-state index in [1.54, 1.807) is 49.4 Å². The molecule has 3 amide bonds. The maximum Gasteiger partial charge on any atom is 0.326 e. The van der Waals surface area contributed by atoms with Crippen LogP contribution in [0.25, 0.3) is 0 Å². The number of nitrogens with zero attached hydrogens (tertiary/aromatic N) is 2. The zero-order valence-electron chi connectivity index (χ0n) is 15.6. The third-order valence-electron chi connectivity index (χ3n) is 3.96. The van der Waals surface area contributed by atoms with Gasteiger partial charge in [0.1, 0.15) is 17.2 Å². The third-order valence-corrected chi connectivity index (χ3v) is 4.20. The Morgan fingerprint density at radius 3 is 2.17 bits per heavy atom. The highest BCUT2D eigenvalue weighted by atomic mass is 35.5. The Kier molecular flexibility index (Phi) is 6.48. The van der Waals surface area contributed by atoms with Gasteiger partial charge < -0.3 is 5.32 Å². The number of hydrogen-bond donors (Lipinski definition) is 2. The molecular formula is C21H15ClF2N4O2. The first kappa shape index (κ1) is 21.1. The first-order valence-corrected chi connectivity index (χ1v) is 9.05. The number of carbonyl (C=O) groups is 2. The van der Waals surface area contributed by atoms with Crippen LogP contribution in [0.5, 0.6) is 0 Å². The second kappa shape index (κ2) is 9.23. The summed E-state index contributed by atoms with van der Waals surface area (Å²) >= 11 is 5.90. The van der Waals surface area contributed by atoms with E-state index in [0.29, 0.717) is 27.6 Å². The van der Waals surface area contributed by atoms with Crippen LogP contribution in [0, 0.1) is 18.6 Å². The van der Waals surface area contributed by atoms with E-state index in [9.17, 15) is 18.4 Å². The topological polar surface area (TPSA) is 82.9 Å². The molecule has 0 radical (unpaired) electrons. The minimum Gasteiger partial charge on any atom is -0.307 e. The van der Waals surface area contributed by atoms with E-state index in [1.165, 1.54) is 0 Å². The van der Waals surface area contributed by atoms with Crippen LogP contribution in [-0.2, 0) is 0 Å². The molecule has 0 aliphatic heterocycles. The number of nitrogens with one attached hydrogen (secondary N) is 2. The summed E-state index contributed by atoms with van der Waals surface area (Å²) in [6.07, 6.45) is 0. The van der Waals surface area contributed by atoms with Crippen LogP contribution >= 0.6 is 11.6 Å². The van der Waals surface area contributed by atoms with Crippen molar-refractivity contribution in [1.29, 1.82) is 0 Å². The molecule has 3 aromatic carbocycles. The zero-order chi connectivity index (χ0) is 21.7. The molecule has 0 saturated carbocycles. The lowest BCUT2D eigenvalue weighted by Gasteiger charge is -2.10. The summed E-state index contributed by atoms with van der Waals surface area (Å²) in [7, 11) is 0. The van der Waals surface area contributed by atoms with Gasteiger partial charge in [-0.05, 0) is 61.0 Å². The van der Waals surface area contributed by atoms with Crippen LogP contribution in [0.4, 0.5) is 30.6 Å². The van der Waals surface area contributed by atoms with Gasteiger partial charge in [-0.25, -0.2) is 13.6 Å². The van der Waals surface area contributed by atoms with Crippen LogP contribution in [0.3, 0.4) is 0 Å². The lowest BCUT2D eigenvalue weighted by molar-refractivity contribution is 0.0959. The number of imide groups is 1. The summed E-state index contributed by atoms with van der Waals surface area (Å²) in [5.41, 5.74) is 1.30. The number of halogens is 3. The lowest BCUT2D eigenvalue weighted by atomic mass is 10.2. The fourth-order valence-corrected chi connectivity index (χ4v) is 2.72. The Hall–Kier alpha value is -3.65. The van der Waals surface area contributed by atoms with Crippen molar-refractivity contribution >= 4 is 40.6 Å². The van der Waals surface area contributed by atoms with E-state index in [2.05, 4.69) is 15.5 Å². The fourth-order valence-electron chi connectivity index (χ4n) is 2.54. The van der Waals surface area contributed by atoms with Crippen molar-refractivity contribution in [3.63, 3.8) is 0 Å². The number of azo groups is 1. The SMILES string of the molecule is Cc1cc(N=Nc2cccc(Cl)c2)ccc1NC(=O)NC(=O)c1c(F)cccc1F. The van der Waals surface area contributed by atoms with Crippen molar-refractivity contribution in [1.82, 2.24) is 5.32 Å². The summed E-state index contributed by atoms with van der Waals surface area (Å²) in [5, 5.41) is 13.1. The van der Waals surface area contributed by atoms with Crippen LogP contribution in [0.1, 0.15) is 15.9 Å². The predicted molar refractivity (Wildman–Crippen MR) is 110 cm³/mol. The van der Waals surface area contributed by atoms with E-state index < -0.39 is 29.1 Å². The number of benzene rings is 3. The smallest absolute Gasteiger partial charge is 0.307 e. The number of hydrogen-bond acceptors (Lipinski definition) is 4. The molecule has 152 valence electrons. The van der Waals surface area contributed by atoms with E-state index >= 15 is 0 Å². The maximum absolute atomic E-state index is 13.6. The van der Waals surface area contributed by atoms with Crippen LogP contribution in [0.15, 0.2) is 70.9 Å². The van der Waals surface area contributed by atoms with Gasteiger partial charge in [-0.15, -0.1) is 0 Å². The molecule has 6 nitrogen and oxygen atoms in total. The molecule has 0 aliphatic carbocycles. The second-order valence-corrected chi connectivity index (χ2v) is 6.62. The normalized spacial score (nSPS) is 10.8. The molecular weight excluding hydrogens is 414 g/mol. The molecule has 0 spiro atoms. The Morgan fingerprint density at radius 2 is 1.53 bits per heavy atom. The third kappa shape index (κ3) is 5.24. The summed E-state index contributed by atoms with van der Waals surface area (Å²) in [6.45, 7) is 1.71. The molecule has 3 rings (SSSR count). The Labute approximate surface area is 175 Å². The van der Waals surface area contributed by atoms with Crippen molar-refractivity contribution in [2.45, 2.75) is 6.92 Å². The van der Waals surface area contributed by atoms with Crippen molar-refractivity contribution in [2.24, 2.45) is 10.2 Å². The molecule has 0 atom stereocenters. The Balaban J connectivity index is 1.67. The first-order valence-electron chi connectivity index (χ1n) is 8.68. The largest absolute Gasteiger partial charge is 0.326 e. The lowest BCUT2D eigenvalue weighted by Crippen LogP contribution is -2.35. The van der Waals surface area contributed by atoms with Gasteiger partial charge in [0, 0.05) is 10.7 Å². The van der Waals surface area contributed by atoms with Gasteiger partial charge >= 0.3 is 6.03 Å². The van der Waals surface area contributed by atoms with E-state index in [4.69, 9.17) is 11.6 Å². The van der Waals surface area contributed by atoms with Gasteiger partial charge in [0.05, 0.1) is 11.4 Å². The molecule has 0 fully saturated rings. The van der Waals surface area contributed by atoms with Gasteiger partial charge in [0.15, 0.2) is 0 Å². The number of anilines is 1. The van der Waals surface area contributed by atoms with E-state index in [0.717, 1.165) is 18.2 Å². The summed E-state index contributed by atoms with van der Waals surface area (Å²) < 4.78 is 27.3. The van der Waals surface area contributed by atoms with Gasteiger partial charge in [-0.2, -0.15) is 10.2 Å². The Morgan fingerprint density at radius 1 is 0.900 bits per heavy atom. The molecule has 0 bridgehead atoms. The van der Waals surface area contributed by atoms with Gasteiger partial charge in [-0.3, -0.25) is 10.1 Å². The van der Waals surface area contributed by atoms with Crippen LogP contribution < -0.4 is 10.6 Å². The summed E-state index contributed by atoms with van der Waals surface area (Å²) in [5.74, 6) is -3.32. The monoisotopic (exact) mass is 428 g/mol. The van der Waals surface area contributed by atoms with Gasteiger partial charge in [0.2, 0.25) is 0 Å². The summed E-state index contributed by atoms with van der Waals surface area (Å²) in [4.78, 5) is 24.0. The zero-order valence-corrected chi connectivity index (χ0v) is 16.4. The number of urea groups is 1. The van der Waals surface area contributed by atoms with Crippen molar-refractivity contribution in [2.75, 3.05) is 5.32 Å². The molecule has 3 aromatic rings. The molecule has 0 aliphatic rings. The number of carbonyl (C=O) groups excluding carboxylic acids is 2. The van der Waals surface area contributed by atoms with Crippen LogP contribution in [-0.4, -0.2) is 11.9 Å². The fraction of sp³-hybridized carbons (Fsp3) is 0.0476. The summed E-state index contributed by atoms with van der Waals surface area (Å²) in [6, 6.07) is 13.8. The minimum atomic E-state index is -1.19. The van der Waals surface area contributed by atoms with Crippen molar-refractivity contribution in [3.8, 4) is 0 Å². The van der Waals surface area contributed by atoms with Crippen LogP contribution in [0.2, 0.25) is 5.02 Å². The van der Waals surface area contributed by atoms with Crippen molar-refractivity contribution < 1.29 is 18.4 Å². The van der Waals surface area contributed by atoms with Crippen molar-refractivity contribution in [3.05, 3.63) is 88.4 Å². The molecule has 30 heavy (non-hydrogen) atoms. The molecule has 2 N–H and O–H groups in total. The highest BCUT2D eigenvalue weighted by Gasteiger charge is 2.19. The molecule has 0 saturated heterocycles.